The Balaban J connectivity index is 1.29. The number of nitrogens with one attached hydrogen (secondary N) is 2. The molecule has 294 valence electrons. The molecular weight excluding hydrogens is 753 g/mol. The van der Waals surface area contributed by atoms with Gasteiger partial charge in [0.1, 0.15) is 33.1 Å². The van der Waals surface area contributed by atoms with Crippen molar-refractivity contribution in [2.45, 2.75) is 95.2 Å². The number of Topliss-reactive ketones (excluding diaryl/α,β-unsaturated/α-hetero) is 2. The fourth-order valence-electron chi connectivity index (χ4n) is 5.66. The summed E-state index contributed by atoms with van der Waals surface area (Å²) in [5, 5.41) is 5.93. The zero-order chi connectivity index (χ0) is 39.9. The molecule has 1 saturated carbocycles. The van der Waals surface area contributed by atoms with Gasteiger partial charge in [-0.15, -0.1) is 6.42 Å². The van der Waals surface area contributed by atoms with Gasteiger partial charge < -0.3 is 28.9 Å². The summed E-state index contributed by atoms with van der Waals surface area (Å²) in [5.41, 5.74) is 7.75. The molecular formula is C37H44N6O10S2. The van der Waals surface area contributed by atoms with Gasteiger partial charge in [0.05, 0.1) is 30.8 Å². The van der Waals surface area contributed by atoms with Crippen LogP contribution in [0.1, 0.15) is 89.3 Å². The Morgan fingerprint density at radius 3 is 1.85 bits per heavy atom. The molecule has 0 aromatic carbocycles. The number of hydrogen-bond donors (Lipinski definition) is 4. The second-order valence-corrected chi connectivity index (χ2v) is 15.6. The van der Waals surface area contributed by atoms with Gasteiger partial charge >= 0.3 is 11.3 Å². The summed E-state index contributed by atoms with van der Waals surface area (Å²) in [6, 6.07) is 3.71. The van der Waals surface area contributed by atoms with Crippen LogP contribution in [0.5, 0.6) is 11.5 Å². The first-order chi connectivity index (χ1) is 26.1. The molecule has 2 aliphatic heterocycles. The molecule has 0 spiro atoms. The number of terminal acetylenes is 1. The summed E-state index contributed by atoms with van der Waals surface area (Å²) in [5.74, 6) is 1.81. The molecule has 0 radical (unpaired) electrons. The summed E-state index contributed by atoms with van der Waals surface area (Å²) in [7, 11) is 0. The van der Waals surface area contributed by atoms with Crippen molar-refractivity contribution in [2.75, 3.05) is 18.1 Å². The molecule has 4 heterocycles. The molecule has 2 aromatic heterocycles. The SMILES string of the molecule is C#CC(CCC[C@@H](NC(=O)[C@]1(N)CSC(C(C)=O)=N1)c1cc(OCC2CC2)cc(=O)o1)Oc1cc([C@@H](CCC)NC(=O)[C@]2(N)CSC(C(C)=O)=N2)oc(=O)c1. The van der Waals surface area contributed by atoms with Crippen molar-refractivity contribution < 1.29 is 37.5 Å². The topological polar surface area (TPSA) is 248 Å². The number of hydrogen-bond acceptors (Lipinski definition) is 16. The number of nitrogens with two attached hydrogens (primary N) is 2. The molecule has 2 amide bonds. The Morgan fingerprint density at radius 1 is 0.873 bits per heavy atom. The maximum Gasteiger partial charge on any atom is 0.339 e. The van der Waals surface area contributed by atoms with Gasteiger partial charge in [0, 0.05) is 37.5 Å². The first kappa shape index (κ1) is 41.5. The van der Waals surface area contributed by atoms with E-state index in [1.54, 1.807) is 6.07 Å². The van der Waals surface area contributed by atoms with Gasteiger partial charge in [-0.25, -0.2) is 19.6 Å². The van der Waals surface area contributed by atoms with Crippen LogP contribution in [0.3, 0.4) is 0 Å². The second-order valence-electron chi connectivity index (χ2n) is 13.7. The third-order valence-electron chi connectivity index (χ3n) is 8.86. The van der Waals surface area contributed by atoms with E-state index in [4.69, 9.17) is 36.2 Å². The molecule has 16 nitrogen and oxygen atoms in total. The Bertz CT molecular complexity index is 2040. The average molecular weight is 797 g/mol. The van der Waals surface area contributed by atoms with E-state index in [9.17, 15) is 28.8 Å². The van der Waals surface area contributed by atoms with E-state index in [2.05, 4.69) is 26.5 Å². The summed E-state index contributed by atoms with van der Waals surface area (Å²) < 4.78 is 22.8. The third-order valence-corrected chi connectivity index (χ3v) is 11.3. The van der Waals surface area contributed by atoms with Gasteiger partial charge in [-0.1, -0.05) is 42.8 Å². The number of aliphatic imine (C=N–C) groups is 2. The number of thioether (sulfide) groups is 2. The molecule has 5 atom stereocenters. The van der Waals surface area contributed by atoms with E-state index in [1.165, 1.54) is 26.0 Å². The molecule has 3 aliphatic rings. The Morgan fingerprint density at radius 2 is 1.38 bits per heavy atom. The van der Waals surface area contributed by atoms with Gasteiger partial charge in [-0.3, -0.25) is 30.6 Å². The van der Waals surface area contributed by atoms with Crippen LogP contribution >= 0.6 is 23.5 Å². The standard InChI is InChI=1S/C37H44N6O10S2/c1-5-8-26(40-34(48)36(38)18-54-32(42-36)20(3)44)29-14-25(16-31(47)53-29)51-23(6-2)9-7-10-27(41-35(49)37(39)19-55-33(43-37)21(4)45)28-13-24(15-30(46)52-28)50-17-22-11-12-22/h2,13-16,22-23,26-27H,5,7-12,17-19,38-39H2,1,3-4H3,(H,40,48)(H,41,49)/t23?,26-,27-,36+,37+/m1/s1. The average Bonchev–Trinajstić information content (AvgIpc) is 3.73. The van der Waals surface area contributed by atoms with E-state index in [-0.39, 0.29) is 63.3 Å². The fourth-order valence-corrected chi connectivity index (χ4v) is 7.62. The quantitative estimate of drug-likeness (QED) is 0.149. The molecule has 1 fully saturated rings. The van der Waals surface area contributed by atoms with Crippen molar-refractivity contribution in [1.29, 1.82) is 0 Å². The zero-order valence-corrected chi connectivity index (χ0v) is 32.3. The van der Waals surface area contributed by atoms with Crippen LogP contribution in [0.25, 0.3) is 0 Å². The third kappa shape index (κ3) is 11.0. The molecule has 6 N–H and O–H groups in total. The minimum absolute atomic E-state index is 0.0404. The summed E-state index contributed by atoms with van der Waals surface area (Å²) in [6.45, 7) is 5.01. The van der Waals surface area contributed by atoms with Crippen LogP contribution in [0.4, 0.5) is 0 Å². The molecule has 5 rings (SSSR count). The highest BCUT2D eigenvalue weighted by atomic mass is 32.2. The minimum Gasteiger partial charge on any atom is -0.493 e. The van der Waals surface area contributed by atoms with Crippen molar-refractivity contribution in [3.05, 3.63) is 56.6 Å². The number of rotatable bonds is 19. The number of ketones is 2. The highest BCUT2D eigenvalue weighted by Crippen LogP contribution is 2.32. The Labute approximate surface area is 325 Å². The summed E-state index contributed by atoms with van der Waals surface area (Å²) >= 11 is 2.17. The predicted molar refractivity (Wildman–Crippen MR) is 207 cm³/mol. The van der Waals surface area contributed by atoms with E-state index >= 15 is 0 Å². The monoisotopic (exact) mass is 796 g/mol. The number of carbonyl (C=O) groups is 4. The highest BCUT2D eigenvalue weighted by Gasteiger charge is 2.42. The highest BCUT2D eigenvalue weighted by molar-refractivity contribution is 8.16. The Hall–Kier alpha value is -4.70. The number of amides is 2. The first-order valence-electron chi connectivity index (χ1n) is 17.8. The van der Waals surface area contributed by atoms with Gasteiger partial charge in [0.2, 0.25) is 0 Å². The van der Waals surface area contributed by atoms with E-state index in [1.807, 2.05) is 6.92 Å². The van der Waals surface area contributed by atoms with Crippen LogP contribution in [0.15, 0.2) is 52.7 Å². The number of ether oxygens (including phenoxy) is 2. The summed E-state index contributed by atoms with van der Waals surface area (Å²) in [4.78, 5) is 84.0. The van der Waals surface area contributed by atoms with Crippen molar-refractivity contribution in [1.82, 2.24) is 10.6 Å². The van der Waals surface area contributed by atoms with Gasteiger partial charge in [-0.05, 0) is 44.4 Å². The number of carbonyl (C=O) groups excluding carboxylic acids is 4. The van der Waals surface area contributed by atoms with Gasteiger partial charge in [0.25, 0.3) is 11.8 Å². The van der Waals surface area contributed by atoms with Crippen molar-refractivity contribution in [3.8, 4) is 23.8 Å². The molecule has 18 heteroatoms. The molecule has 0 saturated heterocycles. The lowest BCUT2D eigenvalue weighted by Gasteiger charge is -2.25. The fraction of sp³-hybridized carbons (Fsp3) is 0.514. The van der Waals surface area contributed by atoms with Crippen molar-refractivity contribution >= 4 is 57.0 Å². The number of nitrogens with zero attached hydrogens (tertiary/aromatic N) is 2. The van der Waals surface area contributed by atoms with Crippen molar-refractivity contribution in [3.63, 3.8) is 0 Å². The van der Waals surface area contributed by atoms with Gasteiger partial charge in [-0.2, -0.15) is 0 Å². The van der Waals surface area contributed by atoms with Crippen molar-refractivity contribution in [2.24, 2.45) is 27.4 Å². The second kappa shape index (κ2) is 17.8. The maximum absolute atomic E-state index is 13.5. The van der Waals surface area contributed by atoms with E-state index in [0.717, 1.165) is 42.4 Å². The van der Waals surface area contributed by atoms with Crippen LogP contribution in [-0.4, -0.2) is 69.0 Å². The van der Waals surface area contributed by atoms with Crippen LogP contribution in [0.2, 0.25) is 0 Å². The lowest BCUT2D eigenvalue weighted by molar-refractivity contribution is -0.127. The molecule has 1 aliphatic carbocycles. The van der Waals surface area contributed by atoms with E-state index in [0.29, 0.717) is 37.5 Å². The van der Waals surface area contributed by atoms with Crippen LogP contribution in [0, 0.1) is 18.3 Å². The lowest BCUT2D eigenvalue weighted by Crippen LogP contribution is -2.54. The maximum atomic E-state index is 13.5. The normalized spacial score (nSPS) is 22.0. The van der Waals surface area contributed by atoms with E-state index < -0.39 is 52.6 Å². The molecule has 2 aromatic rings. The smallest absolute Gasteiger partial charge is 0.339 e. The molecule has 55 heavy (non-hydrogen) atoms. The lowest BCUT2D eigenvalue weighted by atomic mass is 10.0. The molecule has 1 unspecified atom stereocenters. The van der Waals surface area contributed by atoms with Gasteiger partial charge in [0.15, 0.2) is 29.0 Å². The minimum atomic E-state index is -1.72. The zero-order valence-electron chi connectivity index (χ0n) is 30.7. The van der Waals surface area contributed by atoms with Crippen LogP contribution in [-0.2, 0) is 19.2 Å². The summed E-state index contributed by atoms with van der Waals surface area (Å²) in [6.07, 6.45) is 8.81. The largest absolute Gasteiger partial charge is 0.493 e. The first-order valence-corrected chi connectivity index (χ1v) is 19.8. The Kier molecular flexibility index (Phi) is 13.4. The van der Waals surface area contributed by atoms with Crippen LogP contribution < -0.4 is 42.8 Å². The molecule has 0 bridgehead atoms. The predicted octanol–water partition coefficient (Wildman–Crippen LogP) is 2.53.